The average Bonchev–Trinajstić information content (AvgIpc) is 2.15. The summed E-state index contributed by atoms with van der Waals surface area (Å²) in [7, 11) is 0. The van der Waals surface area contributed by atoms with E-state index in [-0.39, 0.29) is 12.5 Å². The van der Waals surface area contributed by atoms with Gasteiger partial charge in [0.25, 0.3) is 0 Å². The summed E-state index contributed by atoms with van der Waals surface area (Å²) < 4.78 is 1.11. The Kier molecular flexibility index (Phi) is 1.48. The molecule has 7 heteroatoms. The molecule has 1 aromatic heterocycles. The highest BCUT2D eigenvalue weighted by molar-refractivity contribution is 5.64. The van der Waals surface area contributed by atoms with Gasteiger partial charge in [-0.25, -0.2) is 4.79 Å². The summed E-state index contributed by atoms with van der Waals surface area (Å²) in [6.07, 6.45) is 0. The molecule has 1 aromatic rings. The normalized spacial score (nSPS) is 9.60. The Bertz CT molecular complexity index is 243. The number of tetrazole rings is 1. The van der Waals surface area contributed by atoms with E-state index in [0.29, 0.717) is 0 Å². The first kappa shape index (κ1) is 6.46. The van der Waals surface area contributed by atoms with Gasteiger partial charge in [0, 0.05) is 0 Å². The van der Waals surface area contributed by atoms with Crippen molar-refractivity contribution < 1.29 is 14.6 Å². The van der Waals surface area contributed by atoms with Crippen LogP contribution >= 0.6 is 0 Å². The number of nitrogens with zero attached hydrogens (tertiary/aromatic N) is 3. The van der Waals surface area contributed by atoms with Gasteiger partial charge in [-0.05, 0) is 0 Å². The zero-order valence-corrected chi connectivity index (χ0v) is 4.98. The van der Waals surface area contributed by atoms with E-state index in [0.717, 1.165) is 4.68 Å². The molecule has 7 nitrogen and oxygen atoms in total. The first-order chi connectivity index (χ1) is 4.70. The number of aromatic amines is 1. The highest BCUT2D eigenvalue weighted by Crippen LogP contribution is 1.75. The molecule has 0 aromatic carbocycles. The lowest BCUT2D eigenvalue weighted by atomic mass is 10.7. The van der Waals surface area contributed by atoms with Crippen LogP contribution < -0.4 is 10.4 Å². The molecule has 0 radical (unpaired) electrons. The van der Waals surface area contributed by atoms with Crippen LogP contribution in [0.4, 0.5) is 5.95 Å². The lowest BCUT2D eigenvalue weighted by Gasteiger charge is -1.88. The molecular formula is C3H6N5O2+. The number of nitrogens with two attached hydrogens (primary N) is 1. The van der Waals surface area contributed by atoms with E-state index in [1.54, 1.807) is 0 Å². The minimum Gasteiger partial charge on any atom is -0.479 e. The topological polar surface area (TPSA) is 109 Å². The zero-order chi connectivity index (χ0) is 7.56. The smallest absolute Gasteiger partial charge is 0.397 e. The number of nitrogens with one attached hydrogen (secondary N) is 1. The van der Waals surface area contributed by atoms with Crippen LogP contribution in [-0.2, 0) is 11.3 Å². The summed E-state index contributed by atoms with van der Waals surface area (Å²) in [5, 5.41) is 17.2. The second-order valence-corrected chi connectivity index (χ2v) is 1.64. The molecule has 0 fully saturated rings. The molecule has 10 heavy (non-hydrogen) atoms. The number of aromatic nitrogens is 4. The number of carboxylic acids is 1. The van der Waals surface area contributed by atoms with Crippen molar-refractivity contribution in [3.05, 3.63) is 0 Å². The summed E-state index contributed by atoms with van der Waals surface area (Å²) in [6.45, 7) is -0.251. The number of carboxylic acid groups (broad SMARTS) is 1. The van der Waals surface area contributed by atoms with Crippen molar-refractivity contribution in [2.24, 2.45) is 0 Å². The third-order valence-corrected chi connectivity index (χ3v) is 0.888. The lowest BCUT2D eigenvalue weighted by molar-refractivity contribution is -0.730. The predicted molar refractivity (Wildman–Crippen MR) is 28.6 cm³/mol. The summed E-state index contributed by atoms with van der Waals surface area (Å²) in [5.41, 5.74) is 5.18. The van der Waals surface area contributed by atoms with Gasteiger partial charge < -0.3 is 10.8 Å². The molecule has 0 aliphatic carbocycles. The Labute approximate surface area is 55.4 Å². The standard InChI is InChI=1S/C3H5N5O2/c4-3-5-6-7-8(3)1-2(9)10/h1H2,(H3,4,5,7,9,10)/p+1. The van der Waals surface area contributed by atoms with Crippen molar-refractivity contribution in [2.75, 3.05) is 5.73 Å². The van der Waals surface area contributed by atoms with Crippen molar-refractivity contribution in [1.82, 2.24) is 15.5 Å². The van der Waals surface area contributed by atoms with Gasteiger partial charge in [-0.15, -0.1) is 9.90 Å². The van der Waals surface area contributed by atoms with Gasteiger partial charge in [0.05, 0.1) is 5.10 Å². The van der Waals surface area contributed by atoms with E-state index >= 15 is 0 Å². The fourth-order valence-electron chi connectivity index (χ4n) is 0.484. The number of carbonyl (C=O) groups is 1. The Hall–Kier alpha value is -1.66. The van der Waals surface area contributed by atoms with Crippen LogP contribution in [0.2, 0.25) is 0 Å². The Morgan fingerprint density at radius 2 is 2.60 bits per heavy atom. The Morgan fingerprint density at radius 3 is 3.00 bits per heavy atom. The van der Waals surface area contributed by atoms with Crippen LogP contribution in [0.3, 0.4) is 0 Å². The van der Waals surface area contributed by atoms with E-state index in [1.165, 1.54) is 0 Å². The van der Waals surface area contributed by atoms with Gasteiger partial charge in [-0.2, -0.15) is 0 Å². The molecule has 0 amide bonds. The van der Waals surface area contributed by atoms with Gasteiger partial charge in [0.1, 0.15) is 5.21 Å². The highest BCUT2D eigenvalue weighted by Gasteiger charge is 2.10. The van der Waals surface area contributed by atoms with Crippen LogP contribution in [0, 0.1) is 0 Å². The highest BCUT2D eigenvalue weighted by atomic mass is 16.4. The minimum atomic E-state index is -0.997. The number of H-pyrrole nitrogens is 1. The maximum Gasteiger partial charge on any atom is 0.397 e. The van der Waals surface area contributed by atoms with Crippen molar-refractivity contribution in [2.45, 2.75) is 6.54 Å². The number of hydrogen-bond acceptors (Lipinski definition) is 4. The van der Waals surface area contributed by atoms with Crippen LogP contribution in [0.15, 0.2) is 0 Å². The summed E-state index contributed by atoms with van der Waals surface area (Å²) in [6, 6.07) is 0. The van der Waals surface area contributed by atoms with E-state index in [1.807, 2.05) is 0 Å². The van der Waals surface area contributed by atoms with Crippen molar-refractivity contribution >= 4 is 11.9 Å². The monoisotopic (exact) mass is 144 g/mol. The Balaban J connectivity index is 2.74. The number of hydrogen-bond donors (Lipinski definition) is 3. The predicted octanol–water partition coefficient (Wildman–Crippen LogP) is -2.24. The summed E-state index contributed by atoms with van der Waals surface area (Å²) in [4.78, 5) is 10.1. The fourth-order valence-corrected chi connectivity index (χ4v) is 0.484. The van der Waals surface area contributed by atoms with E-state index < -0.39 is 5.97 Å². The second-order valence-electron chi connectivity index (χ2n) is 1.64. The molecule has 0 unspecified atom stereocenters. The SMILES string of the molecule is Nc1nn[nH][n+]1CC(=O)O. The third kappa shape index (κ3) is 1.19. The quantitative estimate of drug-likeness (QED) is 0.406. The molecule has 0 aliphatic heterocycles. The molecule has 54 valence electrons. The molecule has 4 N–H and O–H groups in total. The molecule has 0 atom stereocenters. The fraction of sp³-hybridized carbons (Fsp3) is 0.333. The third-order valence-electron chi connectivity index (χ3n) is 0.888. The van der Waals surface area contributed by atoms with Crippen LogP contribution in [0.1, 0.15) is 0 Å². The van der Waals surface area contributed by atoms with E-state index in [9.17, 15) is 4.79 Å². The van der Waals surface area contributed by atoms with Gasteiger partial charge in [-0.1, -0.05) is 0 Å². The van der Waals surface area contributed by atoms with Gasteiger partial charge in [-0.3, -0.25) is 0 Å². The molecule has 1 rings (SSSR count). The van der Waals surface area contributed by atoms with E-state index in [2.05, 4.69) is 15.5 Å². The van der Waals surface area contributed by atoms with Gasteiger partial charge >= 0.3 is 11.9 Å². The molecule has 0 spiro atoms. The summed E-state index contributed by atoms with van der Waals surface area (Å²) in [5.74, 6) is -0.940. The molecule has 1 heterocycles. The van der Waals surface area contributed by atoms with Crippen molar-refractivity contribution in [3.63, 3.8) is 0 Å². The number of aliphatic carboxylic acids is 1. The van der Waals surface area contributed by atoms with E-state index in [4.69, 9.17) is 10.8 Å². The van der Waals surface area contributed by atoms with Gasteiger partial charge in [0.2, 0.25) is 0 Å². The molecule has 0 saturated heterocycles. The number of anilines is 1. The van der Waals surface area contributed by atoms with Crippen LogP contribution in [-0.4, -0.2) is 26.6 Å². The lowest BCUT2D eigenvalue weighted by Crippen LogP contribution is -2.42. The maximum absolute atomic E-state index is 10.1. The summed E-state index contributed by atoms with van der Waals surface area (Å²) >= 11 is 0. The van der Waals surface area contributed by atoms with Gasteiger partial charge in [0.15, 0.2) is 6.54 Å². The Morgan fingerprint density at radius 1 is 1.90 bits per heavy atom. The maximum atomic E-state index is 10.1. The molecule has 0 bridgehead atoms. The molecule has 0 aliphatic rings. The average molecular weight is 144 g/mol. The van der Waals surface area contributed by atoms with Crippen molar-refractivity contribution in [1.29, 1.82) is 0 Å². The molecular weight excluding hydrogens is 138 g/mol. The molecule has 0 saturated carbocycles. The van der Waals surface area contributed by atoms with Crippen molar-refractivity contribution in [3.8, 4) is 0 Å². The second kappa shape index (κ2) is 2.29. The largest absolute Gasteiger partial charge is 0.479 e. The number of rotatable bonds is 2. The van der Waals surface area contributed by atoms with Crippen LogP contribution in [0.25, 0.3) is 0 Å². The first-order valence-corrected chi connectivity index (χ1v) is 2.48. The number of nitrogen functional groups attached to an aromatic ring is 1. The minimum absolute atomic E-state index is 0.0578. The zero-order valence-electron chi connectivity index (χ0n) is 4.98. The first-order valence-electron chi connectivity index (χ1n) is 2.48. The van der Waals surface area contributed by atoms with Crippen LogP contribution in [0.5, 0.6) is 0 Å².